The fourth-order valence-electron chi connectivity index (χ4n) is 3.11. The molecule has 5 nitrogen and oxygen atoms in total. The third-order valence-corrected chi connectivity index (χ3v) is 4.91. The Morgan fingerprint density at radius 3 is 2.21 bits per heavy atom. The highest BCUT2D eigenvalue weighted by Gasteiger charge is 2.43. The Bertz CT molecular complexity index is 908. The van der Waals surface area contributed by atoms with Gasteiger partial charge in [0.25, 0.3) is 5.91 Å². The van der Waals surface area contributed by atoms with Crippen molar-refractivity contribution in [2.45, 2.75) is 13.1 Å². The Morgan fingerprint density at radius 1 is 1.00 bits per heavy atom. The monoisotopic (exact) mass is 425 g/mol. The van der Waals surface area contributed by atoms with E-state index in [0.717, 1.165) is 10.5 Å². The second kappa shape index (κ2) is 8.32. The summed E-state index contributed by atoms with van der Waals surface area (Å²) >= 11 is 6.07. The predicted octanol–water partition coefficient (Wildman–Crippen LogP) is 4.11. The van der Waals surface area contributed by atoms with Crippen LogP contribution in [0.15, 0.2) is 42.5 Å². The molecule has 154 valence electrons. The van der Waals surface area contributed by atoms with E-state index in [1.54, 1.807) is 30.3 Å². The minimum Gasteiger partial charge on any atom is -0.366 e. The van der Waals surface area contributed by atoms with Crippen molar-refractivity contribution < 1.29 is 22.8 Å². The number of carbonyl (C=O) groups is 2. The molecule has 1 fully saturated rings. The molecule has 0 aliphatic carbocycles. The highest BCUT2D eigenvalue weighted by Crippen LogP contribution is 2.31. The summed E-state index contributed by atoms with van der Waals surface area (Å²) in [5.74, 6) is -2.15. The van der Waals surface area contributed by atoms with Crippen LogP contribution in [0.3, 0.4) is 0 Å². The van der Waals surface area contributed by atoms with Crippen molar-refractivity contribution in [1.82, 2.24) is 4.90 Å². The van der Waals surface area contributed by atoms with E-state index < -0.39 is 12.1 Å². The molecule has 1 N–H and O–H groups in total. The maximum absolute atomic E-state index is 12.6. The molecule has 0 aromatic heterocycles. The predicted molar refractivity (Wildman–Crippen MR) is 105 cm³/mol. The van der Waals surface area contributed by atoms with Crippen molar-refractivity contribution >= 4 is 34.8 Å². The Labute approximate surface area is 171 Å². The maximum Gasteiger partial charge on any atom is 0.471 e. The van der Waals surface area contributed by atoms with E-state index in [1.165, 1.54) is 0 Å². The van der Waals surface area contributed by atoms with Crippen LogP contribution < -0.4 is 10.2 Å². The number of rotatable bonds is 3. The van der Waals surface area contributed by atoms with Gasteiger partial charge in [0.2, 0.25) is 0 Å². The van der Waals surface area contributed by atoms with Crippen molar-refractivity contribution in [1.29, 1.82) is 0 Å². The van der Waals surface area contributed by atoms with E-state index >= 15 is 0 Å². The molecule has 1 aliphatic rings. The van der Waals surface area contributed by atoms with Crippen LogP contribution in [-0.2, 0) is 4.79 Å². The molecule has 9 heteroatoms. The molecule has 1 heterocycles. The first-order valence-electron chi connectivity index (χ1n) is 8.94. The molecule has 3 rings (SSSR count). The average Bonchev–Trinajstić information content (AvgIpc) is 2.67. The van der Waals surface area contributed by atoms with E-state index in [-0.39, 0.29) is 32.1 Å². The van der Waals surface area contributed by atoms with Crippen LogP contribution in [0.25, 0.3) is 0 Å². The number of benzene rings is 2. The van der Waals surface area contributed by atoms with Crippen LogP contribution in [0, 0.1) is 6.92 Å². The van der Waals surface area contributed by atoms with Crippen molar-refractivity contribution in [3.63, 3.8) is 0 Å². The van der Waals surface area contributed by atoms with E-state index in [1.807, 2.05) is 24.0 Å². The second-order valence-electron chi connectivity index (χ2n) is 6.76. The van der Waals surface area contributed by atoms with Gasteiger partial charge in [0, 0.05) is 36.8 Å². The molecule has 2 aromatic carbocycles. The zero-order valence-corrected chi connectivity index (χ0v) is 16.3. The van der Waals surface area contributed by atoms with Crippen LogP contribution >= 0.6 is 11.6 Å². The van der Waals surface area contributed by atoms with E-state index in [2.05, 4.69) is 5.32 Å². The van der Waals surface area contributed by atoms with Gasteiger partial charge < -0.3 is 15.1 Å². The van der Waals surface area contributed by atoms with E-state index in [0.29, 0.717) is 22.0 Å². The molecule has 2 aromatic rings. The lowest BCUT2D eigenvalue weighted by Gasteiger charge is -2.37. The summed E-state index contributed by atoms with van der Waals surface area (Å²) in [5.41, 5.74) is 2.59. The molecule has 0 bridgehead atoms. The highest BCUT2D eigenvalue weighted by atomic mass is 35.5. The first kappa shape index (κ1) is 21.0. The maximum atomic E-state index is 12.6. The van der Waals surface area contributed by atoms with Crippen molar-refractivity contribution in [3.8, 4) is 0 Å². The van der Waals surface area contributed by atoms with Gasteiger partial charge in [-0.25, -0.2) is 0 Å². The second-order valence-corrected chi connectivity index (χ2v) is 7.20. The Morgan fingerprint density at radius 2 is 1.62 bits per heavy atom. The lowest BCUT2D eigenvalue weighted by molar-refractivity contribution is -0.185. The van der Waals surface area contributed by atoms with E-state index in [4.69, 9.17) is 11.6 Å². The van der Waals surface area contributed by atoms with Gasteiger partial charge in [-0.05, 0) is 37.3 Å². The third-order valence-electron chi connectivity index (χ3n) is 4.67. The van der Waals surface area contributed by atoms with Crippen LogP contribution in [0.5, 0.6) is 0 Å². The van der Waals surface area contributed by atoms with Crippen molar-refractivity contribution in [2.75, 3.05) is 36.4 Å². The molecule has 0 spiro atoms. The largest absolute Gasteiger partial charge is 0.471 e. The fourth-order valence-corrected chi connectivity index (χ4v) is 3.29. The van der Waals surface area contributed by atoms with Gasteiger partial charge in [-0.1, -0.05) is 29.3 Å². The number of hydrogen-bond donors (Lipinski definition) is 1. The highest BCUT2D eigenvalue weighted by molar-refractivity contribution is 6.31. The quantitative estimate of drug-likeness (QED) is 0.805. The molecular formula is C20H19ClF3N3O2. The van der Waals surface area contributed by atoms with Crippen molar-refractivity contribution in [2.24, 2.45) is 0 Å². The molecule has 1 saturated heterocycles. The number of alkyl halides is 3. The van der Waals surface area contributed by atoms with Crippen LogP contribution in [0.1, 0.15) is 15.9 Å². The standard InChI is InChI=1S/C20H19ClF3N3O2/c1-13-2-4-14(5-3-13)18(28)25-16-12-15(21)6-7-17(16)26-8-10-27(11-9-26)19(29)20(22,23)24/h2-7,12H,8-11H2,1H3,(H,25,28). The number of anilines is 2. The zero-order chi connectivity index (χ0) is 21.2. The van der Waals surface area contributed by atoms with Crippen LogP contribution in [0.4, 0.5) is 24.5 Å². The normalized spacial score (nSPS) is 14.7. The van der Waals surface area contributed by atoms with Crippen LogP contribution in [0.2, 0.25) is 5.02 Å². The van der Waals surface area contributed by atoms with Gasteiger partial charge in [0.15, 0.2) is 0 Å². The van der Waals surface area contributed by atoms with Gasteiger partial charge in [-0.15, -0.1) is 0 Å². The van der Waals surface area contributed by atoms with E-state index in [9.17, 15) is 22.8 Å². The topological polar surface area (TPSA) is 52.7 Å². The average molecular weight is 426 g/mol. The summed E-state index contributed by atoms with van der Waals surface area (Å²) in [6.07, 6.45) is -4.88. The van der Waals surface area contributed by atoms with Gasteiger partial charge in [-0.2, -0.15) is 13.2 Å². The number of carbonyl (C=O) groups excluding carboxylic acids is 2. The number of amides is 2. The fraction of sp³-hybridized carbons (Fsp3) is 0.300. The third kappa shape index (κ3) is 5.00. The van der Waals surface area contributed by atoms with Gasteiger partial charge in [-0.3, -0.25) is 9.59 Å². The number of nitrogens with zero attached hydrogens (tertiary/aromatic N) is 2. The SMILES string of the molecule is Cc1ccc(C(=O)Nc2cc(Cl)ccc2N2CCN(C(=O)C(F)(F)F)CC2)cc1. The number of nitrogens with one attached hydrogen (secondary N) is 1. The summed E-state index contributed by atoms with van der Waals surface area (Å²) in [4.78, 5) is 26.6. The molecule has 2 amide bonds. The minimum absolute atomic E-state index is 0.0632. The first-order valence-corrected chi connectivity index (χ1v) is 9.31. The molecule has 0 atom stereocenters. The molecule has 1 aliphatic heterocycles. The van der Waals surface area contributed by atoms with Gasteiger partial charge in [0.05, 0.1) is 11.4 Å². The molecule has 0 saturated carbocycles. The molecule has 29 heavy (non-hydrogen) atoms. The van der Waals surface area contributed by atoms with Gasteiger partial charge in [0.1, 0.15) is 0 Å². The number of aryl methyl sites for hydroxylation is 1. The number of hydrogen-bond acceptors (Lipinski definition) is 3. The first-order chi connectivity index (χ1) is 13.6. The Kier molecular flexibility index (Phi) is 6.02. The number of halogens is 4. The number of piperazine rings is 1. The molecule has 0 unspecified atom stereocenters. The minimum atomic E-state index is -4.88. The smallest absolute Gasteiger partial charge is 0.366 e. The molecular weight excluding hydrogens is 407 g/mol. The Balaban J connectivity index is 1.75. The molecule has 0 radical (unpaired) electrons. The summed E-state index contributed by atoms with van der Waals surface area (Å²) in [7, 11) is 0. The summed E-state index contributed by atoms with van der Waals surface area (Å²) < 4.78 is 37.9. The lowest BCUT2D eigenvalue weighted by Crippen LogP contribution is -2.52. The zero-order valence-electron chi connectivity index (χ0n) is 15.6. The van der Waals surface area contributed by atoms with Crippen molar-refractivity contribution in [3.05, 3.63) is 58.6 Å². The van der Waals surface area contributed by atoms with Gasteiger partial charge >= 0.3 is 12.1 Å². The Hall–Kier alpha value is -2.74. The lowest BCUT2D eigenvalue weighted by atomic mass is 10.1. The van der Waals surface area contributed by atoms with Crippen LogP contribution in [-0.4, -0.2) is 49.1 Å². The summed E-state index contributed by atoms with van der Waals surface area (Å²) in [5, 5.41) is 3.23. The summed E-state index contributed by atoms with van der Waals surface area (Å²) in [6.45, 7) is 2.20. The summed E-state index contributed by atoms with van der Waals surface area (Å²) in [6, 6.07) is 12.0.